The average Bonchev–Trinajstić information content (AvgIpc) is 3.17. The number of rotatable bonds is 7. The maximum absolute atomic E-state index is 12.9. The molecule has 1 aromatic heterocycles. The average molecular weight is 473 g/mol. The Morgan fingerprint density at radius 3 is 2.47 bits per heavy atom. The third-order valence-electron chi connectivity index (χ3n) is 5.12. The summed E-state index contributed by atoms with van der Waals surface area (Å²) >= 11 is 1.35. The number of hydrogen-bond donors (Lipinski definition) is 1. The van der Waals surface area contributed by atoms with Gasteiger partial charge in [-0.05, 0) is 57.0 Å². The molecule has 1 unspecified atom stereocenters. The van der Waals surface area contributed by atoms with Crippen LogP contribution in [-0.2, 0) is 14.8 Å². The monoisotopic (exact) mass is 472 g/mol. The predicted octanol–water partition coefficient (Wildman–Crippen LogP) is 4.17. The molecule has 0 saturated carbocycles. The quantitative estimate of drug-likeness (QED) is 0.522. The van der Waals surface area contributed by atoms with E-state index in [-0.39, 0.29) is 10.8 Å². The van der Waals surface area contributed by atoms with E-state index in [0.717, 1.165) is 21.1 Å². The molecule has 0 spiro atoms. The van der Waals surface area contributed by atoms with Crippen molar-refractivity contribution in [3.05, 3.63) is 65.5 Å². The minimum absolute atomic E-state index is 0.133. The Bertz CT molecular complexity index is 1250. The van der Waals surface area contributed by atoms with E-state index < -0.39 is 15.3 Å². The summed E-state index contributed by atoms with van der Waals surface area (Å²) in [7, 11) is -0.641. The number of nitrogens with zero attached hydrogens (tertiary/aromatic N) is 3. The number of nitrogens with one attached hydrogen (secondary N) is 1. The summed E-state index contributed by atoms with van der Waals surface area (Å²) in [6.45, 7) is 7.72. The zero-order valence-electron chi connectivity index (χ0n) is 19.1. The van der Waals surface area contributed by atoms with Crippen LogP contribution in [0.4, 0.5) is 5.69 Å². The van der Waals surface area contributed by atoms with Gasteiger partial charge in [0.2, 0.25) is 15.9 Å². The zero-order valence-corrected chi connectivity index (χ0v) is 20.7. The second kappa shape index (κ2) is 9.48. The Balaban J connectivity index is 1.79. The van der Waals surface area contributed by atoms with Crippen LogP contribution in [0, 0.1) is 20.8 Å². The number of thioether (sulfide) groups is 1. The molecule has 1 N–H and O–H groups in total. The minimum Gasteiger partial charge on any atom is -0.325 e. The van der Waals surface area contributed by atoms with Crippen molar-refractivity contribution in [3.8, 4) is 5.69 Å². The first-order chi connectivity index (χ1) is 15.0. The molecule has 1 heterocycles. The smallest absolute Gasteiger partial charge is 0.242 e. The number of hydrogen-bond acceptors (Lipinski definition) is 5. The summed E-state index contributed by atoms with van der Waals surface area (Å²) in [5.41, 5.74) is 4.58. The van der Waals surface area contributed by atoms with Crippen LogP contribution in [0.15, 0.2) is 58.8 Å². The van der Waals surface area contributed by atoms with Crippen molar-refractivity contribution in [1.82, 2.24) is 13.9 Å². The highest BCUT2D eigenvalue weighted by Crippen LogP contribution is 2.28. The number of aromatic nitrogens is 2. The number of amides is 1. The molecule has 3 aromatic rings. The Morgan fingerprint density at radius 2 is 1.81 bits per heavy atom. The van der Waals surface area contributed by atoms with Crippen LogP contribution in [0.5, 0.6) is 0 Å². The standard InChI is InChI=1S/C23H28N4O3S2/c1-15-7-10-21(17(3)13-15)27-12-11-24-23(27)31-18(4)22(28)25-20-14-19(9-8-16(20)2)32(29,30)26(5)6/h7-14,18H,1-6H3,(H,25,28). The third kappa shape index (κ3) is 5.06. The van der Waals surface area contributed by atoms with Crippen LogP contribution in [0.25, 0.3) is 5.69 Å². The largest absolute Gasteiger partial charge is 0.325 e. The number of carbonyl (C=O) groups excluding carboxylic acids is 1. The third-order valence-corrected chi connectivity index (χ3v) is 8.01. The van der Waals surface area contributed by atoms with Crippen molar-refractivity contribution < 1.29 is 13.2 Å². The molecule has 170 valence electrons. The fourth-order valence-corrected chi connectivity index (χ4v) is 4.99. The molecule has 7 nitrogen and oxygen atoms in total. The van der Waals surface area contributed by atoms with Crippen molar-refractivity contribution in [2.45, 2.75) is 43.0 Å². The Labute approximate surface area is 193 Å². The number of aryl methyl sites for hydroxylation is 3. The first-order valence-corrected chi connectivity index (χ1v) is 12.4. The molecule has 1 atom stereocenters. The van der Waals surface area contributed by atoms with E-state index in [1.165, 1.54) is 37.5 Å². The van der Waals surface area contributed by atoms with E-state index >= 15 is 0 Å². The van der Waals surface area contributed by atoms with E-state index in [0.29, 0.717) is 10.8 Å². The summed E-state index contributed by atoms with van der Waals surface area (Å²) in [5, 5.41) is 3.13. The van der Waals surface area contributed by atoms with Crippen molar-refractivity contribution >= 4 is 33.4 Å². The normalized spacial score (nSPS) is 12.7. The molecular formula is C23H28N4O3S2. The van der Waals surface area contributed by atoms with Crippen LogP contribution in [-0.4, -0.2) is 47.5 Å². The molecule has 1 amide bonds. The highest BCUT2D eigenvalue weighted by Gasteiger charge is 2.22. The second-order valence-corrected chi connectivity index (χ2v) is 11.3. The molecule has 0 bridgehead atoms. The number of benzene rings is 2. The Hall–Kier alpha value is -2.62. The Morgan fingerprint density at radius 1 is 1.09 bits per heavy atom. The van der Waals surface area contributed by atoms with Crippen LogP contribution >= 0.6 is 11.8 Å². The number of sulfonamides is 1. The van der Waals surface area contributed by atoms with Crippen LogP contribution in [0.3, 0.4) is 0 Å². The molecule has 0 fully saturated rings. The number of anilines is 1. The lowest BCUT2D eigenvalue weighted by Gasteiger charge is -2.17. The maximum Gasteiger partial charge on any atom is 0.242 e. The van der Waals surface area contributed by atoms with Gasteiger partial charge in [0.25, 0.3) is 0 Å². The summed E-state index contributed by atoms with van der Waals surface area (Å²) in [4.78, 5) is 17.5. The minimum atomic E-state index is -3.59. The molecule has 0 radical (unpaired) electrons. The topological polar surface area (TPSA) is 84.3 Å². The molecule has 2 aromatic carbocycles. The van der Waals surface area contributed by atoms with E-state index in [4.69, 9.17) is 0 Å². The highest BCUT2D eigenvalue weighted by atomic mass is 32.2. The molecular weight excluding hydrogens is 444 g/mol. The Kier molecular flexibility index (Phi) is 7.12. The van der Waals surface area contributed by atoms with Gasteiger partial charge >= 0.3 is 0 Å². The fraction of sp³-hybridized carbons (Fsp3) is 0.304. The second-order valence-electron chi connectivity index (χ2n) is 7.88. The molecule has 0 aliphatic carbocycles. The van der Waals surface area contributed by atoms with E-state index in [1.807, 2.05) is 43.7 Å². The first-order valence-electron chi connectivity index (χ1n) is 10.1. The fourth-order valence-electron chi connectivity index (χ4n) is 3.19. The van der Waals surface area contributed by atoms with Crippen molar-refractivity contribution in [2.24, 2.45) is 0 Å². The van der Waals surface area contributed by atoms with Gasteiger partial charge in [0.1, 0.15) is 0 Å². The summed E-state index contributed by atoms with van der Waals surface area (Å²) < 4.78 is 28.0. The number of imidazole rings is 1. The lowest BCUT2D eigenvalue weighted by molar-refractivity contribution is -0.115. The predicted molar refractivity (Wildman–Crippen MR) is 129 cm³/mol. The van der Waals surface area contributed by atoms with Gasteiger partial charge in [0, 0.05) is 32.2 Å². The summed E-state index contributed by atoms with van der Waals surface area (Å²) in [6.07, 6.45) is 3.59. The molecule has 0 saturated heterocycles. The molecule has 0 aliphatic rings. The van der Waals surface area contributed by atoms with E-state index in [1.54, 1.807) is 25.3 Å². The summed E-state index contributed by atoms with van der Waals surface area (Å²) in [6, 6.07) is 10.9. The van der Waals surface area contributed by atoms with Crippen LogP contribution in [0.1, 0.15) is 23.6 Å². The zero-order chi connectivity index (χ0) is 23.6. The van der Waals surface area contributed by atoms with E-state index in [2.05, 4.69) is 16.4 Å². The molecule has 9 heteroatoms. The van der Waals surface area contributed by atoms with Crippen LogP contribution < -0.4 is 5.32 Å². The summed E-state index contributed by atoms with van der Waals surface area (Å²) in [5.74, 6) is -0.229. The van der Waals surface area contributed by atoms with Gasteiger partial charge in [0.05, 0.1) is 15.8 Å². The highest BCUT2D eigenvalue weighted by molar-refractivity contribution is 8.00. The van der Waals surface area contributed by atoms with Gasteiger partial charge in [-0.25, -0.2) is 17.7 Å². The van der Waals surface area contributed by atoms with Crippen molar-refractivity contribution in [2.75, 3.05) is 19.4 Å². The lowest BCUT2D eigenvalue weighted by atomic mass is 10.1. The van der Waals surface area contributed by atoms with E-state index in [9.17, 15) is 13.2 Å². The van der Waals surface area contributed by atoms with Gasteiger partial charge in [-0.3, -0.25) is 9.36 Å². The van der Waals surface area contributed by atoms with Gasteiger partial charge in [-0.15, -0.1) is 0 Å². The molecule has 3 rings (SSSR count). The van der Waals surface area contributed by atoms with Crippen LogP contribution in [0.2, 0.25) is 0 Å². The van der Waals surface area contributed by atoms with Gasteiger partial charge in [-0.2, -0.15) is 0 Å². The first kappa shape index (κ1) is 24.0. The molecule has 0 aliphatic heterocycles. The number of carbonyl (C=O) groups is 1. The van der Waals surface area contributed by atoms with Crippen molar-refractivity contribution in [3.63, 3.8) is 0 Å². The SMILES string of the molecule is Cc1ccc(-n2ccnc2SC(C)C(=O)Nc2cc(S(=O)(=O)N(C)C)ccc2C)c(C)c1. The van der Waals surface area contributed by atoms with Crippen molar-refractivity contribution in [1.29, 1.82) is 0 Å². The lowest BCUT2D eigenvalue weighted by Crippen LogP contribution is -2.25. The van der Waals surface area contributed by atoms with Gasteiger partial charge in [-0.1, -0.05) is 35.5 Å². The molecule has 32 heavy (non-hydrogen) atoms. The van der Waals surface area contributed by atoms with Gasteiger partial charge in [0.15, 0.2) is 5.16 Å². The maximum atomic E-state index is 12.9. The van der Waals surface area contributed by atoms with Gasteiger partial charge < -0.3 is 5.32 Å².